The Morgan fingerprint density at radius 3 is 0.328 bits per heavy atom. The Morgan fingerprint density at radius 2 is 0.250 bits per heavy atom. The van der Waals surface area contributed by atoms with Gasteiger partial charge in [-0.3, -0.25) is 0 Å². The summed E-state index contributed by atoms with van der Waals surface area (Å²) in [5.74, 6) is -24.8. The van der Waals surface area contributed by atoms with E-state index in [1.165, 1.54) is 0 Å². The Bertz CT molecular complexity index is 2740. The minimum absolute atomic E-state index is 0. The third kappa shape index (κ3) is 37.0. The molecule has 0 amide bonds. The smallest absolute Gasteiger partial charge is 0.549 e. The molecule has 24 unspecified atom stereocenters. The molecule has 40 atom stereocenters. The zero-order valence-corrected chi connectivity index (χ0v) is 92.4. The van der Waals surface area contributed by atoms with E-state index >= 15 is 0 Å². The fraction of sp³-hybridized carbons (Fsp3) is 0.875. The number of carboxylic acid groups (broad SMARTS) is 8. The summed E-state index contributed by atoms with van der Waals surface area (Å²) in [5, 5.41) is 286. The molecule has 0 radical (unpaired) electrons. The third-order valence-electron chi connectivity index (χ3n) is 19.5. The number of rotatable bonds is 32. The predicted octanol–water partition coefficient (Wildman–Crippen LogP) is -45.4. The van der Waals surface area contributed by atoms with Gasteiger partial charge in [0.2, 0.25) is 0 Å². The molecular weight excluding hydrogens is 1980 g/mol. The second kappa shape index (κ2) is 63.6. The molecule has 688 valence electrons. The number of hydrogen-bond donors (Lipinski definition) is 16. The van der Waals surface area contributed by atoms with Crippen LogP contribution in [0, 0.1) is 0 Å². The van der Waals surface area contributed by atoms with Crippen LogP contribution in [0.3, 0.4) is 0 Å². The van der Waals surface area contributed by atoms with Crippen LogP contribution in [0.15, 0.2) is 0 Å². The maximum Gasteiger partial charge on any atom is 1.00 e. The molecule has 0 saturated carbocycles. The van der Waals surface area contributed by atoms with Crippen LogP contribution in [0.4, 0.5) is 0 Å². The molecule has 16 N–H and O–H groups in total. The molecular formula is C64H88Na8O48S8. The van der Waals surface area contributed by atoms with E-state index < -0.39 is 385 Å². The molecule has 16 bridgehead atoms. The molecule has 0 aliphatic carbocycles. The summed E-state index contributed by atoms with van der Waals surface area (Å²) >= 11 is 4.18. The maximum absolute atomic E-state index is 12.1. The van der Waals surface area contributed by atoms with Crippen LogP contribution >= 0.6 is 94.1 Å². The van der Waals surface area contributed by atoms with Gasteiger partial charge in [0.1, 0.15) is 146 Å². The average Bonchev–Trinajstić information content (AvgIpc) is 0.768. The van der Waals surface area contributed by atoms with E-state index in [1.807, 2.05) is 0 Å². The first-order valence-corrected chi connectivity index (χ1v) is 45.6. The summed E-state index contributed by atoms with van der Waals surface area (Å²) in [6, 6.07) is 0. The molecule has 64 heteroatoms. The molecule has 30 aliphatic heterocycles. The molecule has 0 aromatic heterocycles. The Balaban J connectivity index is 0.0000102. The van der Waals surface area contributed by atoms with Crippen LogP contribution in [0.25, 0.3) is 0 Å². The van der Waals surface area contributed by atoms with E-state index in [-0.39, 0.29) is 236 Å². The second-order valence-corrected chi connectivity index (χ2v) is 36.3. The molecule has 128 heavy (non-hydrogen) atoms. The summed E-state index contributed by atoms with van der Waals surface area (Å²) in [4.78, 5) is 94.3. The zero-order valence-electron chi connectivity index (χ0n) is 69.9. The number of carbonyl (C=O) groups is 8. The number of ether oxygens (including phenoxy) is 16. The molecule has 30 heterocycles. The van der Waals surface area contributed by atoms with Gasteiger partial charge in [-0.1, -0.05) is 0 Å². The average molecular weight is 2070 g/mol. The van der Waals surface area contributed by atoms with Crippen molar-refractivity contribution in [3.8, 4) is 0 Å². The van der Waals surface area contributed by atoms with Crippen LogP contribution in [0.2, 0.25) is 0 Å². The molecule has 30 aliphatic rings. The number of carbonyl (C=O) groups excluding carboxylic acids is 8. The first-order valence-electron chi connectivity index (χ1n) is 36.3. The first kappa shape index (κ1) is 131. The van der Waals surface area contributed by atoms with Crippen molar-refractivity contribution in [2.24, 2.45) is 0 Å². The van der Waals surface area contributed by atoms with E-state index in [2.05, 4.69) is 0 Å². The summed E-state index contributed by atoms with van der Waals surface area (Å²) in [6.07, 6.45) is -87.4. The normalized spacial score (nSPS) is 40.8. The quantitative estimate of drug-likeness (QED) is 0.0278. The number of aliphatic hydroxyl groups is 16. The minimum Gasteiger partial charge on any atom is -0.549 e. The van der Waals surface area contributed by atoms with Crippen LogP contribution in [0.1, 0.15) is 0 Å². The van der Waals surface area contributed by atoms with E-state index in [0.717, 1.165) is 0 Å². The molecule has 30 saturated heterocycles. The summed E-state index contributed by atoms with van der Waals surface area (Å²) in [7, 11) is 0. The third-order valence-corrected chi connectivity index (χ3v) is 27.5. The standard InChI is InChI=1S/C64H96O48S8.8Na/c65-25(66)9-113-1-17-49-33(81)41(89)57(97-17)106-50-18(2-114-10-26(67)68)99-59(43(91)35(50)83)108-52-20(4-116-12-28(71)72)101-61(45(93)37(52)85)110-54-22(6-118-14-30(75)76)103-63(47(95)39(54)87)112-56-24(8-120-16-32(79)80)104-64(48(96)40(56)88)111-55-23(7-119-15-31(77)78)102-62(46(94)38(55)86)109-53-21(5-117-13-29(73)74)100-60(44(92)36(53)84)107-51-19(3-115-11-27(69)70)98-58(105-49)42(90)34(51)82;;;;;;;;/h17-24,33-64,81-96H,1-16H2,(H,65,66)(H,67,68)(H,69,70)(H,71,72)(H,73,74)(H,75,76)(H,77,78)(H,79,80);;;;;;;;/q;8*+1/p-8/t17?,18?,19?,20?,21?,22?,23?,24?,33?,34?,35?,36?,37?,38?,39?,40?,41?,42?,43?,44?,45?,46?,47?,48?,49-,50-,51-,52-,53-,54-,55-,56-,57-,58-,59-,60-,61-,62-,63-,64-;;;;;;;;/m1......../s1. The summed E-state index contributed by atoms with van der Waals surface area (Å²) in [5.41, 5.74) is 0. The topological polar surface area (TPSA) is 792 Å². The summed E-state index contributed by atoms with van der Waals surface area (Å²) < 4.78 is 97.0. The van der Waals surface area contributed by atoms with Gasteiger partial charge in [-0.2, -0.15) is 94.1 Å². The van der Waals surface area contributed by atoms with Gasteiger partial charge in [-0.15, -0.1) is 0 Å². The molecule has 30 rings (SSSR count). The van der Waals surface area contributed by atoms with Crippen molar-refractivity contribution in [1.82, 2.24) is 0 Å². The van der Waals surface area contributed by atoms with Gasteiger partial charge in [0, 0.05) is 92.0 Å². The fourth-order valence-electron chi connectivity index (χ4n) is 13.9. The van der Waals surface area contributed by atoms with Crippen molar-refractivity contribution < 1.29 is 473 Å². The molecule has 30 fully saturated rings. The van der Waals surface area contributed by atoms with Crippen molar-refractivity contribution >= 4 is 142 Å². The van der Waals surface area contributed by atoms with Gasteiger partial charge in [0.25, 0.3) is 0 Å². The molecule has 0 aromatic rings. The number of aliphatic carboxylic acids is 8. The van der Waals surface area contributed by atoms with Crippen molar-refractivity contribution in [2.75, 3.05) is 92.0 Å². The largest absolute Gasteiger partial charge is 1.00 e. The first-order chi connectivity index (χ1) is 56.7. The Hall–Kier alpha value is 5.28. The van der Waals surface area contributed by atoms with Gasteiger partial charge < -0.3 is 237 Å². The van der Waals surface area contributed by atoms with Gasteiger partial charge >= 0.3 is 236 Å². The van der Waals surface area contributed by atoms with E-state index in [4.69, 9.17) is 75.8 Å². The predicted molar refractivity (Wildman–Crippen MR) is 383 cm³/mol. The van der Waals surface area contributed by atoms with E-state index in [0.29, 0.717) is 94.1 Å². The van der Waals surface area contributed by atoms with Gasteiger partial charge in [-0.25, -0.2) is 0 Å². The monoisotopic (exact) mass is 2060 g/mol. The van der Waals surface area contributed by atoms with Gasteiger partial charge in [0.15, 0.2) is 50.3 Å². The van der Waals surface area contributed by atoms with Crippen molar-refractivity contribution in [1.29, 1.82) is 0 Å². The van der Waals surface area contributed by atoms with E-state index in [9.17, 15) is 161 Å². The molecule has 48 nitrogen and oxygen atoms in total. The van der Waals surface area contributed by atoms with Crippen LogP contribution < -0.4 is 277 Å². The van der Waals surface area contributed by atoms with Crippen LogP contribution in [0.5, 0.6) is 0 Å². The number of thioether (sulfide) groups is 8. The zero-order chi connectivity index (χ0) is 88.0. The Kier molecular flexibility index (Phi) is 65.3. The maximum atomic E-state index is 12.1. The molecule has 0 spiro atoms. The number of aliphatic hydroxyl groups excluding tert-OH is 16. The van der Waals surface area contributed by atoms with Crippen LogP contribution in [-0.2, 0) is 114 Å². The van der Waals surface area contributed by atoms with Crippen LogP contribution in [-0.4, -0.2) is 467 Å². The van der Waals surface area contributed by atoms with E-state index in [1.54, 1.807) is 0 Å². The Morgan fingerprint density at radius 1 is 0.164 bits per heavy atom. The van der Waals surface area contributed by atoms with Gasteiger partial charge in [-0.05, 0) is 0 Å². The molecule has 0 aromatic carbocycles. The second-order valence-electron chi connectivity index (χ2n) is 28.1. The summed E-state index contributed by atoms with van der Waals surface area (Å²) in [6.45, 7) is 0. The minimum atomic E-state index is -2.43. The SMILES string of the molecule is O=C([O-])CSCC1O[C@@H]2O[C@@H]3C(CSCC(=O)[O-])O[C@H](O[C@@H]4C(CSCC(=O)[O-])O[C@H](O[C@@H]5C(CSCC(=O)[O-])O[C@H](O[C@@H]6C(CSCC(=O)[O-])O[C@H](O[C@@H]7C(CSCC(=O)[O-])O[C@H](O[C@@H]8C(CSCC(=O)[O-])O[C@H](O[C@@H]9C(CSCC(=O)[O-])O[C@H](O[C@H]1C(O)C2O)C(O)C9O)C(O)C8O)C(O)C7O)C(O)C6O)C(O)C5O)C(O)C4O)C(O)C3O.[Na+].[Na+].[Na+].[Na+].[Na+].[Na+].[Na+].[Na+]. The number of carboxylic acids is 8. The van der Waals surface area contributed by atoms with Crippen molar-refractivity contribution in [3.63, 3.8) is 0 Å². The van der Waals surface area contributed by atoms with Crippen molar-refractivity contribution in [2.45, 2.75) is 246 Å². The van der Waals surface area contributed by atoms with Crippen molar-refractivity contribution in [3.05, 3.63) is 0 Å². The Labute approximate surface area is 939 Å². The fourth-order valence-corrected chi connectivity index (χ4v) is 20.1. The number of hydrogen-bond acceptors (Lipinski definition) is 56. The van der Waals surface area contributed by atoms with Gasteiger partial charge in [0.05, 0.1) is 96.6 Å².